The molecule has 0 aliphatic carbocycles. The van der Waals surface area contributed by atoms with Gasteiger partial charge in [-0.3, -0.25) is 13.9 Å². The first-order valence-electron chi connectivity index (χ1n) is 5.40. The Hall–Kier alpha value is -1.39. The zero-order valence-corrected chi connectivity index (χ0v) is 9.83. The smallest absolute Gasteiger partial charge is 0.257 e. The maximum absolute atomic E-state index is 12.3. The van der Waals surface area contributed by atoms with E-state index in [-0.39, 0.29) is 18.5 Å². The van der Waals surface area contributed by atoms with Gasteiger partial charge in [0.15, 0.2) is 0 Å². The molecule has 1 aromatic rings. The highest BCUT2D eigenvalue weighted by Gasteiger charge is 2.33. The van der Waals surface area contributed by atoms with Gasteiger partial charge in [-0.05, 0) is 13.8 Å². The number of alkyl halides is 1. The first-order valence-corrected chi connectivity index (χ1v) is 5.40. The molecular formula is C11H16FN3O. The number of aromatic nitrogens is 2. The summed E-state index contributed by atoms with van der Waals surface area (Å²) in [6.07, 6.45) is 0. The Morgan fingerprint density at radius 2 is 2.12 bits per heavy atom. The molecular weight excluding hydrogens is 209 g/mol. The van der Waals surface area contributed by atoms with Crippen molar-refractivity contribution in [3.63, 3.8) is 0 Å². The molecule has 1 aromatic heterocycles. The van der Waals surface area contributed by atoms with Crippen LogP contribution in [0.15, 0.2) is 0 Å². The van der Waals surface area contributed by atoms with Crippen molar-refractivity contribution in [3.05, 3.63) is 17.0 Å². The molecule has 0 aromatic carbocycles. The van der Waals surface area contributed by atoms with Crippen LogP contribution in [0.1, 0.15) is 21.7 Å². The molecule has 4 nitrogen and oxygen atoms in total. The second-order valence-electron chi connectivity index (χ2n) is 4.40. The third kappa shape index (κ3) is 1.60. The molecule has 0 saturated carbocycles. The number of halogens is 1. The van der Waals surface area contributed by atoms with Gasteiger partial charge in [0.25, 0.3) is 5.91 Å². The SMILES string of the molecule is Cc1nn(C)c(C)c1C(=O)N1CC(CF)C1. The van der Waals surface area contributed by atoms with Gasteiger partial charge in [-0.2, -0.15) is 5.10 Å². The van der Waals surface area contributed by atoms with Crippen LogP contribution < -0.4 is 0 Å². The number of hydrogen-bond donors (Lipinski definition) is 0. The molecule has 5 heteroatoms. The number of aryl methyl sites for hydroxylation is 2. The summed E-state index contributed by atoms with van der Waals surface area (Å²) < 4.78 is 14.0. The van der Waals surface area contributed by atoms with Crippen molar-refractivity contribution in [2.24, 2.45) is 13.0 Å². The summed E-state index contributed by atoms with van der Waals surface area (Å²) in [5, 5.41) is 4.21. The Bertz CT molecular complexity index is 421. The van der Waals surface area contributed by atoms with Crippen LogP contribution in [0.4, 0.5) is 4.39 Å². The average molecular weight is 225 g/mol. The highest BCUT2D eigenvalue weighted by atomic mass is 19.1. The average Bonchev–Trinajstić information content (AvgIpc) is 2.39. The summed E-state index contributed by atoms with van der Waals surface area (Å²) in [5.41, 5.74) is 2.28. The van der Waals surface area contributed by atoms with E-state index in [4.69, 9.17) is 0 Å². The van der Waals surface area contributed by atoms with Crippen molar-refractivity contribution in [1.29, 1.82) is 0 Å². The molecule has 0 N–H and O–H groups in total. The van der Waals surface area contributed by atoms with E-state index in [0.29, 0.717) is 18.7 Å². The molecule has 16 heavy (non-hydrogen) atoms. The van der Waals surface area contributed by atoms with Crippen LogP contribution in [0.25, 0.3) is 0 Å². The molecule has 2 rings (SSSR count). The molecule has 0 spiro atoms. The van der Waals surface area contributed by atoms with Crippen LogP contribution in [0.5, 0.6) is 0 Å². The zero-order chi connectivity index (χ0) is 11.9. The lowest BCUT2D eigenvalue weighted by atomic mass is 10.00. The van der Waals surface area contributed by atoms with E-state index in [1.54, 1.807) is 9.58 Å². The van der Waals surface area contributed by atoms with E-state index in [9.17, 15) is 9.18 Å². The van der Waals surface area contributed by atoms with Gasteiger partial charge in [0, 0.05) is 31.7 Å². The maximum atomic E-state index is 12.3. The van der Waals surface area contributed by atoms with Gasteiger partial charge >= 0.3 is 0 Å². The molecule has 1 amide bonds. The van der Waals surface area contributed by atoms with Crippen molar-refractivity contribution >= 4 is 5.91 Å². The van der Waals surface area contributed by atoms with Crippen molar-refractivity contribution in [2.75, 3.05) is 19.8 Å². The number of nitrogens with zero attached hydrogens (tertiary/aromatic N) is 3. The van der Waals surface area contributed by atoms with Crippen LogP contribution in [-0.2, 0) is 7.05 Å². The van der Waals surface area contributed by atoms with Crippen LogP contribution >= 0.6 is 0 Å². The van der Waals surface area contributed by atoms with Gasteiger partial charge in [-0.25, -0.2) is 0 Å². The summed E-state index contributed by atoms with van der Waals surface area (Å²) in [4.78, 5) is 13.8. The molecule has 0 radical (unpaired) electrons. The first-order chi connectivity index (χ1) is 7.54. The van der Waals surface area contributed by atoms with Crippen LogP contribution in [-0.4, -0.2) is 40.4 Å². The minimum atomic E-state index is -0.339. The second kappa shape index (κ2) is 3.88. The Balaban J connectivity index is 2.16. The third-order valence-corrected chi connectivity index (χ3v) is 3.19. The van der Waals surface area contributed by atoms with E-state index in [1.165, 1.54) is 0 Å². The standard InChI is InChI=1S/C11H16FN3O/c1-7-10(8(2)14(3)13-7)11(16)15-5-9(4-12)6-15/h9H,4-6H2,1-3H3. The Morgan fingerprint density at radius 3 is 2.56 bits per heavy atom. The first kappa shape index (κ1) is 11.1. The van der Waals surface area contributed by atoms with Gasteiger partial charge in [0.1, 0.15) is 0 Å². The lowest BCUT2D eigenvalue weighted by molar-refractivity contribution is 0.0451. The van der Waals surface area contributed by atoms with Crippen LogP contribution in [0.2, 0.25) is 0 Å². The Labute approximate surface area is 94.0 Å². The van der Waals surface area contributed by atoms with Gasteiger partial charge < -0.3 is 4.90 Å². The number of hydrogen-bond acceptors (Lipinski definition) is 2. The monoisotopic (exact) mass is 225 g/mol. The van der Waals surface area contributed by atoms with E-state index < -0.39 is 0 Å². The summed E-state index contributed by atoms with van der Waals surface area (Å²) in [6.45, 7) is 4.42. The van der Waals surface area contributed by atoms with E-state index in [1.807, 2.05) is 20.9 Å². The van der Waals surface area contributed by atoms with Gasteiger partial charge in [-0.1, -0.05) is 0 Å². The Kier molecular flexibility index (Phi) is 2.69. The molecule has 1 fully saturated rings. The maximum Gasteiger partial charge on any atom is 0.257 e. The number of amides is 1. The number of carbonyl (C=O) groups is 1. The molecule has 0 atom stereocenters. The third-order valence-electron chi connectivity index (χ3n) is 3.19. The predicted molar refractivity (Wildman–Crippen MR) is 58.1 cm³/mol. The summed E-state index contributed by atoms with van der Waals surface area (Å²) in [7, 11) is 1.82. The fourth-order valence-electron chi connectivity index (χ4n) is 2.07. The zero-order valence-electron chi connectivity index (χ0n) is 9.83. The van der Waals surface area contributed by atoms with Crippen molar-refractivity contribution in [1.82, 2.24) is 14.7 Å². The molecule has 88 valence electrons. The fraction of sp³-hybridized carbons (Fsp3) is 0.636. The molecule has 1 aliphatic heterocycles. The fourth-order valence-corrected chi connectivity index (χ4v) is 2.07. The predicted octanol–water partition coefficient (Wildman–Crippen LogP) is 1.08. The van der Waals surface area contributed by atoms with E-state index in [0.717, 1.165) is 11.4 Å². The molecule has 1 saturated heterocycles. The normalized spacial score (nSPS) is 16.4. The van der Waals surface area contributed by atoms with Gasteiger partial charge in [0.2, 0.25) is 0 Å². The summed E-state index contributed by atoms with van der Waals surface area (Å²) >= 11 is 0. The van der Waals surface area contributed by atoms with Gasteiger partial charge in [0.05, 0.1) is 17.9 Å². The number of carbonyl (C=O) groups excluding carboxylic acids is 1. The van der Waals surface area contributed by atoms with Crippen LogP contribution in [0, 0.1) is 19.8 Å². The quantitative estimate of drug-likeness (QED) is 0.755. The van der Waals surface area contributed by atoms with Gasteiger partial charge in [-0.15, -0.1) is 0 Å². The number of rotatable bonds is 2. The second-order valence-corrected chi connectivity index (χ2v) is 4.40. The topological polar surface area (TPSA) is 38.1 Å². The minimum absolute atomic E-state index is 0.0206. The number of likely N-dealkylation sites (tertiary alicyclic amines) is 1. The highest BCUT2D eigenvalue weighted by molar-refractivity contribution is 5.96. The summed E-state index contributed by atoms with van der Waals surface area (Å²) in [6, 6.07) is 0. The molecule has 2 heterocycles. The Morgan fingerprint density at radius 1 is 1.50 bits per heavy atom. The van der Waals surface area contributed by atoms with Crippen molar-refractivity contribution in [2.45, 2.75) is 13.8 Å². The van der Waals surface area contributed by atoms with Crippen molar-refractivity contribution < 1.29 is 9.18 Å². The summed E-state index contributed by atoms with van der Waals surface area (Å²) in [5.74, 6) is 0.00836. The highest BCUT2D eigenvalue weighted by Crippen LogP contribution is 2.22. The molecule has 0 bridgehead atoms. The largest absolute Gasteiger partial charge is 0.338 e. The lowest BCUT2D eigenvalue weighted by Gasteiger charge is -2.37. The van der Waals surface area contributed by atoms with E-state index >= 15 is 0 Å². The lowest BCUT2D eigenvalue weighted by Crippen LogP contribution is -2.51. The molecule has 1 aliphatic rings. The van der Waals surface area contributed by atoms with Crippen molar-refractivity contribution in [3.8, 4) is 0 Å². The van der Waals surface area contributed by atoms with E-state index in [2.05, 4.69) is 5.10 Å². The van der Waals surface area contributed by atoms with Crippen LogP contribution in [0.3, 0.4) is 0 Å². The minimum Gasteiger partial charge on any atom is -0.338 e. The molecule has 0 unspecified atom stereocenters.